The van der Waals surface area contributed by atoms with Crippen molar-refractivity contribution in [2.75, 3.05) is 26.2 Å². The van der Waals surface area contributed by atoms with Gasteiger partial charge in [-0.3, -0.25) is 4.79 Å². The van der Waals surface area contributed by atoms with Crippen molar-refractivity contribution in [2.45, 2.75) is 51.0 Å². The molecule has 1 unspecified atom stereocenters. The number of amides is 1. The van der Waals surface area contributed by atoms with Crippen molar-refractivity contribution >= 4 is 11.9 Å². The van der Waals surface area contributed by atoms with Crippen LogP contribution in [0.2, 0.25) is 0 Å². The van der Waals surface area contributed by atoms with Gasteiger partial charge in [0.1, 0.15) is 0 Å². The molecule has 25 heavy (non-hydrogen) atoms. The number of ether oxygens (including phenoxy) is 1. The molecule has 5 nitrogen and oxygen atoms in total. The minimum Gasteiger partial charge on any atom is -0.445 e. The first kappa shape index (κ1) is 17.9. The van der Waals surface area contributed by atoms with Crippen LogP contribution in [-0.4, -0.2) is 48.6 Å². The molecule has 2 aliphatic heterocycles. The van der Waals surface area contributed by atoms with E-state index < -0.39 is 11.6 Å². The Hall–Kier alpha value is -1.88. The quantitative estimate of drug-likeness (QED) is 0.659. The zero-order valence-electron chi connectivity index (χ0n) is 15.1. The lowest BCUT2D eigenvalue weighted by atomic mass is 9.89. The molecule has 5 heteroatoms. The van der Waals surface area contributed by atoms with E-state index in [0.717, 1.165) is 18.5 Å². The molecule has 0 spiro atoms. The molecule has 1 N–H and O–H groups in total. The summed E-state index contributed by atoms with van der Waals surface area (Å²) in [6, 6.07) is 7.33. The van der Waals surface area contributed by atoms with E-state index in [-0.39, 0.29) is 5.91 Å². The highest BCUT2D eigenvalue weighted by Crippen LogP contribution is 2.28. The van der Waals surface area contributed by atoms with Gasteiger partial charge in [-0.1, -0.05) is 31.0 Å². The van der Waals surface area contributed by atoms with Crippen molar-refractivity contribution in [3.05, 3.63) is 35.4 Å². The van der Waals surface area contributed by atoms with Crippen LogP contribution in [-0.2, 0) is 16.0 Å². The van der Waals surface area contributed by atoms with Gasteiger partial charge < -0.3 is 15.0 Å². The largest absolute Gasteiger partial charge is 0.445 e. The second-order valence-electron chi connectivity index (χ2n) is 7.32. The number of benzene rings is 1. The molecular formula is C20H28N2O3. The monoisotopic (exact) mass is 344 g/mol. The molecule has 0 aromatic heterocycles. The van der Waals surface area contributed by atoms with Crippen LogP contribution in [0, 0.1) is 0 Å². The summed E-state index contributed by atoms with van der Waals surface area (Å²) in [5.74, 6) is -0.615. The Morgan fingerprint density at radius 1 is 1.20 bits per heavy atom. The molecule has 0 saturated carbocycles. The Balaban J connectivity index is 1.49. The van der Waals surface area contributed by atoms with Crippen LogP contribution in [0.25, 0.3) is 0 Å². The molecular weight excluding hydrogens is 316 g/mol. The summed E-state index contributed by atoms with van der Waals surface area (Å²) in [6.07, 6.45) is 6.57. The smallest absolute Gasteiger partial charge is 0.339 e. The lowest BCUT2D eigenvalue weighted by Gasteiger charge is -2.33. The fraction of sp³-hybridized carbons (Fsp3) is 0.600. The molecule has 0 radical (unpaired) electrons. The van der Waals surface area contributed by atoms with E-state index in [1.807, 2.05) is 18.2 Å². The predicted octanol–water partition coefficient (Wildman–Crippen LogP) is 2.54. The molecule has 1 fully saturated rings. The maximum atomic E-state index is 12.6. The zero-order chi connectivity index (χ0) is 17.7. The number of nitrogens with zero attached hydrogens (tertiary/aromatic N) is 1. The van der Waals surface area contributed by atoms with E-state index in [9.17, 15) is 9.59 Å². The number of carbonyl (C=O) groups excluding carboxylic acids is 2. The Morgan fingerprint density at radius 3 is 2.68 bits per heavy atom. The summed E-state index contributed by atoms with van der Waals surface area (Å²) in [5.41, 5.74) is 0.323. The van der Waals surface area contributed by atoms with Gasteiger partial charge in [-0.2, -0.15) is 0 Å². The molecule has 2 heterocycles. The molecule has 1 atom stereocenters. The molecule has 1 aromatic rings. The van der Waals surface area contributed by atoms with Crippen LogP contribution < -0.4 is 5.32 Å². The average molecular weight is 344 g/mol. The van der Waals surface area contributed by atoms with Gasteiger partial charge in [-0.25, -0.2) is 4.79 Å². The molecule has 1 amide bonds. The number of hydrogen-bond donors (Lipinski definition) is 1. The summed E-state index contributed by atoms with van der Waals surface area (Å²) < 4.78 is 5.46. The van der Waals surface area contributed by atoms with Gasteiger partial charge in [0.25, 0.3) is 5.91 Å². The Labute approximate surface area is 149 Å². The third-order valence-electron chi connectivity index (χ3n) is 5.20. The average Bonchev–Trinajstić information content (AvgIpc) is 2.87. The maximum Gasteiger partial charge on any atom is 0.339 e. The summed E-state index contributed by atoms with van der Waals surface area (Å²) >= 11 is 0. The maximum absolute atomic E-state index is 12.6. The standard InChI is InChI=1S/C20H28N2O3/c1-20(15-16-9-4-5-10-17(16)18(23)25-20)19(24)21-11-8-14-22-12-6-2-3-7-13-22/h4-5,9-10H,2-3,6-8,11-15H2,1H3,(H,21,24). The van der Waals surface area contributed by atoms with Crippen molar-refractivity contribution in [3.8, 4) is 0 Å². The number of rotatable bonds is 5. The molecule has 1 aromatic carbocycles. The Bertz CT molecular complexity index is 623. The van der Waals surface area contributed by atoms with Crippen LogP contribution >= 0.6 is 0 Å². The number of cyclic esters (lactones) is 1. The van der Waals surface area contributed by atoms with Crippen molar-refractivity contribution in [2.24, 2.45) is 0 Å². The van der Waals surface area contributed by atoms with Gasteiger partial charge >= 0.3 is 5.97 Å². The minimum absolute atomic E-state index is 0.203. The fourth-order valence-electron chi connectivity index (χ4n) is 3.71. The van der Waals surface area contributed by atoms with Gasteiger partial charge in [0.15, 0.2) is 5.60 Å². The highest BCUT2D eigenvalue weighted by molar-refractivity contribution is 5.97. The van der Waals surface area contributed by atoms with Gasteiger partial charge in [-0.15, -0.1) is 0 Å². The Morgan fingerprint density at radius 2 is 1.92 bits per heavy atom. The number of hydrogen-bond acceptors (Lipinski definition) is 4. The summed E-state index contributed by atoms with van der Waals surface area (Å²) in [5, 5.41) is 2.96. The molecule has 136 valence electrons. The van der Waals surface area contributed by atoms with E-state index in [1.165, 1.54) is 38.8 Å². The summed E-state index contributed by atoms with van der Waals surface area (Å²) in [6.45, 7) is 5.66. The zero-order valence-corrected chi connectivity index (χ0v) is 15.1. The first-order valence-corrected chi connectivity index (χ1v) is 9.40. The fourth-order valence-corrected chi connectivity index (χ4v) is 3.71. The van der Waals surface area contributed by atoms with Gasteiger partial charge in [0.05, 0.1) is 5.56 Å². The molecule has 0 bridgehead atoms. The molecule has 0 aliphatic carbocycles. The van der Waals surface area contributed by atoms with E-state index in [2.05, 4.69) is 10.2 Å². The number of nitrogens with one attached hydrogen (secondary N) is 1. The van der Waals surface area contributed by atoms with Gasteiger partial charge in [0, 0.05) is 13.0 Å². The highest BCUT2D eigenvalue weighted by Gasteiger charge is 2.42. The van der Waals surface area contributed by atoms with Crippen molar-refractivity contribution in [1.29, 1.82) is 0 Å². The van der Waals surface area contributed by atoms with Crippen molar-refractivity contribution in [1.82, 2.24) is 10.2 Å². The lowest BCUT2D eigenvalue weighted by Crippen LogP contribution is -2.52. The van der Waals surface area contributed by atoms with E-state index in [1.54, 1.807) is 13.0 Å². The number of likely N-dealkylation sites (tertiary alicyclic amines) is 1. The number of esters is 1. The van der Waals surface area contributed by atoms with E-state index >= 15 is 0 Å². The Kier molecular flexibility index (Phi) is 5.74. The molecule has 3 rings (SSSR count). The van der Waals surface area contributed by atoms with E-state index in [0.29, 0.717) is 18.5 Å². The number of carbonyl (C=O) groups is 2. The van der Waals surface area contributed by atoms with Crippen molar-refractivity contribution < 1.29 is 14.3 Å². The van der Waals surface area contributed by atoms with Crippen LogP contribution in [0.5, 0.6) is 0 Å². The second-order valence-corrected chi connectivity index (χ2v) is 7.32. The van der Waals surface area contributed by atoms with Crippen LogP contribution in [0.4, 0.5) is 0 Å². The highest BCUT2D eigenvalue weighted by atomic mass is 16.6. The minimum atomic E-state index is -1.12. The first-order valence-electron chi connectivity index (χ1n) is 9.40. The number of fused-ring (bicyclic) bond motifs is 1. The lowest BCUT2D eigenvalue weighted by molar-refractivity contribution is -0.139. The summed E-state index contributed by atoms with van der Waals surface area (Å²) in [7, 11) is 0. The summed E-state index contributed by atoms with van der Waals surface area (Å²) in [4.78, 5) is 27.2. The molecule has 1 saturated heterocycles. The van der Waals surface area contributed by atoms with Gasteiger partial charge in [0.2, 0.25) is 0 Å². The normalized spacial score (nSPS) is 24.1. The van der Waals surface area contributed by atoms with Crippen molar-refractivity contribution in [3.63, 3.8) is 0 Å². The van der Waals surface area contributed by atoms with Crippen LogP contribution in [0.3, 0.4) is 0 Å². The third-order valence-corrected chi connectivity index (χ3v) is 5.20. The van der Waals surface area contributed by atoms with Crippen LogP contribution in [0.1, 0.15) is 54.9 Å². The van der Waals surface area contributed by atoms with Gasteiger partial charge in [-0.05, 0) is 57.5 Å². The SMILES string of the molecule is CC1(C(=O)NCCCN2CCCCCC2)Cc2ccccc2C(=O)O1. The first-order chi connectivity index (χ1) is 12.1. The topological polar surface area (TPSA) is 58.6 Å². The second kappa shape index (κ2) is 8.00. The molecule has 2 aliphatic rings. The van der Waals surface area contributed by atoms with Crippen LogP contribution in [0.15, 0.2) is 24.3 Å². The van der Waals surface area contributed by atoms with E-state index in [4.69, 9.17) is 4.74 Å². The predicted molar refractivity (Wildman–Crippen MR) is 96.5 cm³/mol. The third kappa shape index (κ3) is 4.40.